The van der Waals surface area contributed by atoms with Crippen LogP contribution in [-0.2, 0) is 4.79 Å². The highest BCUT2D eigenvalue weighted by atomic mass is 19.2. The molecule has 16 heavy (non-hydrogen) atoms. The van der Waals surface area contributed by atoms with Crippen molar-refractivity contribution in [1.82, 2.24) is 0 Å². The topological polar surface area (TPSA) is 40.5 Å². The molecule has 0 unspecified atom stereocenters. The highest BCUT2D eigenvalue weighted by molar-refractivity contribution is 5.81. The van der Waals surface area contributed by atoms with E-state index in [4.69, 9.17) is 5.11 Å². The molecular formula is C11H11F2NO2. The Morgan fingerprint density at radius 1 is 1.19 bits per heavy atom. The van der Waals surface area contributed by atoms with Crippen LogP contribution in [-0.4, -0.2) is 24.0 Å². The third-order valence-electron chi connectivity index (χ3n) is 2.68. The number of nitrogens with zero attached hydrogens (tertiary/aromatic N) is 1. The lowest BCUT2D eigenvalue weighted by atomic mass is 10.1. The van der Waals surface area contributed by atoms with Crippen molar-refractivity contribution in [3.8, 4) is 5.75 Å². The van der Waals surface area contributed by atoms with E-state index in [9.17, 15) is 13.6 Å². The zero-order valence-electron chi connectivity index (χ0n) is 8.54. The molecule has 0 aliphatic carbocycles. The molecule has 0 saturated carbocycles. The predicted octanol–water partition coefficient (Wildman–Crippen LogP) is 1.84. The van der Waals surface area contributed by atoms with Gasteiger partial charge in [-0.1, -0.05) is 0 Å². The van der Waals surface area contributed by atoms with E-state index in [0.29, 0.717) is 31.6 Å². The third kappa shape index (κ3) is 1.98. The van der Waals surface area contributed by atoms with Gasteiger partial charge in [0.1, 0.15) is 5.78 Å². The van der Waals surface area contributed by atoms with Gasteiger partial charge in [0.05, 0.1) is 0 Å². The summed E-state index contributed by atoms with van der Waals surface area (Å²) in [5.74, 6) is -2.85. The first kappa shape index (κ1) is 10.9. The van der Waals surface area contributed by atoms with Crippen LogP contribution in [0.15, 0.2) is 12.1 Å². The minimum absolute atomic E-state index is 0.169. The molecule has 0 atom stereocenters. The van der Waals surface area contributed by atoms with E-state index < -0.39 is 17.4 Å². The van der Waals surface area contributed by atoms with Crippen LogP contribution in [0.1, 0.15) is 12.8 Å². The van der Waals surface area contributed by atoms with Crippen molar-refractivity contribution in [3.63, 3.8) is 0 Å². The monoisotopic (exact) mass is 227 g/mol. The van der Waals surface area contributed by atoms with Crippen LogP contribution >= 0.6 is 0 Å². The maximum Gasteiger partial charge on any atom is 0.200 e. The minimum Gasteiger partial charge on any atom is -0.505 e. The van der Waals surface area contributed by atoms with Gasteiger partial charge in [-0.2, -0.15) is 4.39 Å². The average molecular weight is 227 g/mol. The number of Topliss-reactive ketones (excluding diaryl/α,β-unsaturated/α-hetero) is 1. The average Bonchev–Trinajstić information content (AvgIpc) is 2.26. The number of piperidine rings is 1. The van der Waals surface area contributed by atoms with Gasteiger partial charge in [0.25, 0.3) is 0 Å². The summed E-state index contributed by atoms with van der Waals surface area (Å²) in [4.78, 5) is 12.8. The summed E-state index contributed by atoms with van der Waals surface area (Å²) in [6, 6.07) is 2.21. The molecule has 1 aliphatic heterocycles. The molecule has 1 saturated heterocycles. The van der Waals surface area contributed by atoms with Crippen LogP contribution in [0.2, 0.25) is 0 Å². The number of hydrogen-bond acceptors (Lipinski definition) is 3. The van der Waals surface area contributed by atoms with Crippen LogP contribution in [0.3, 0.4) is 0 Å². The number of anilines is 1. The Bertz CT molecular complexity index is 401. The number of halogens is 2. The smallest absolute Gasteiger partial charge is 0.200 e. The molecule has 5 heteroatoms. The van der Waals surface area contributed by atoms with Crippen molar-refractivity contribution in [1.29, 1.82) is 0 Å². The molecular weight excluding hydrogens is 216 g/mol. The SMILES string of the molecule is O=C1CCN(c2cc(O)c(F)c(F)c2)CC1. The second-order valence-electron chi connectivity index (χ2n) is 3.79. The summed E-state index contributed by atoms with van der Waals surface area (Å²) in [5, 5.41) is 9.15. The van der Waals surface area contributed by atoms with E-state index >= 15 is 0 Å². The predicted molar refractivity (Wildman–Crippen MR) is 54.5 cm³/mol. The maximum absolute atomic E-state index is 13.0. The fraction of sp³-hybridized carbons (Fsp3) is 0.364. The fourth-order valence-electron chi connectivity index (χ4n) is 1.76. The van der Waals surface area contributed by atoms with E-state index in [2.05, 4.69) is 0 Å². The molecule has 0 aromatic heterocycles. The lowest BCUT2D eigenvalue weighted by molar-refractivity contribution is -0.119. The van der Waals surface area contributed by atoms with Crippen molar-refractivity contribution >= 4 is 11.5 Å². The number of carbonyl (C=O) groups excluding carboxylic acids is 1. The van der Waals surface area contributed by atoms with Gasteiger partial charge in [-0.05, 0) is 0 Å². The number of phenols is 1. The summed E-state index contributed by atoms with van der Waals surface area (Å²) in [5.41, 5.74) is 0.406. The highest BCUT2D eigenvalue weighted by Gasteiger charge is 2.19. The highest BCUT2D eigenvalue weighted by Crippen LogP contribution is 2.27. The number of benzene rings is 1. The lowest BCUT2D eigenvalue weighted by Gasteiger charge is -2.28. The van der Waals surface area contributed by atoms with Crippen molar-refractivity contribution in [3.05, 3.63) is 23.8 Å². The van der Waals surface area contributed by atoms with E-state index in [1.54, 1.807) is 4.90 Å². The maximum atomic E-state index is 13.0. The van der Waals surface area contributed by atoms with Gasteiger partial charge < -0.3 is 10.0 Å². The zero-order valence-corrected chi connectivity index (χ0v) is 8.54. The fourth-order valence-corrected chi connectivity index (χ4v) is 1.76. The molecule has 0 spiro atoms. The molecule has 0 bridgehead atoms. The van der Waals surface area contributed by atoms with Gasteiger partial charge in [-0.25, -0.2) is 4.39 Å². The van der Waals surface area contributed by atoms with E-state index in [1.165, 1.54) is 6.07 Å². The molecule has 1 fully saturated rings. The van der Waals surface area contributed by atoms with E-state index in [0.717, 1.165) is 6.07 Å². The molecule has 86 valence electrons. The summed E-state index contributed by atoms with van der Waals surface area (Å²) in [6.07, 6.45) is 0.805. The third-order valence-corrected chi connectivity index (χ3v) is 2.68. The van der Waals surface area contributed by atoms with Gasteiger partial charge in [-0.15, -0.1) is 0 Å². The van der Waals surface area contributed by atoms with Gasteiger partial charge in [0.2, 0.25) is 0 Å². The molecule has 1 aliphatic rings. The standard InChI is InChI=1S/C11H11F2NO2/c12-9-5-7(6-10(16)11(9)13)14-3-1-8(15)2-4-14/h5-6,16H,1-4H2. The van der Waals surface area contributed by atoms with Gasteiger partial charge in [0, 0.05) is 43.8 Å². The van der Waals surface area contributed by atoms with Crippen LogP contribution in [0.4, 0.5) is 14.5 Å². The Hall–Kier alpha value is -1.65. The Balaban J connectivity index is 2.24. The van der Waals surface area contributed by atoms with Crippen LogP contribution in [0, 0.1) is 11.6 Å². The Kier molecular flexibility index (Phi) is 2.77. The molecule has 1 aromatic rings. The summed E-state index contributed by atoms with van der Waals surface area (Å²) in [7, 11) is 0. The molecule has 3 nitrogen and oxygen atoms in total. The zero-order chi connectivity index (χ0) is 11.7. The van der Waals surface area contributed by atoms with Crippen LogP contribution < -0.4 is 4.90 Å². The van der Waals surface area contributed by atoms with Crippen LogP contribution in [0.25, 0.3) is 0 Å². The Morgan fingerprint density at radius 3 is 2.38 bits per heavy atom. The van der Waals surface area contributed by atoms with Crippen molar-refractivity contribution < 1.29 is 18.7 Å². The summed E-state index contributed by atoms with van der Waals surface area (Å²) < 4.78 is 25.9. The second kappa shape index (κ2) is 4.08. The van der Waals surface area contributed by atoms with Crippen molar-refractivity contribution in [2.75, 3.05) is 18.0 Å². The molecule has 0 amide bonds. The van der Waals surface area contributed by atoms with E-state index in [-0.39, 0.29) is 5.78 Å². The Morgan fingerprint density at radius 2 is 1.81 bits per heavy atom. The number of hydrogen-bond donors (Lipinski definition) is 1. The summed E-state index contributed by atoms with van der Waals surface area (Å²) >= 11 is 0. The lowest BCUT2D eigenvalue weighted by Crippen LogP contribution is -2.33. The van der Waals surface area contributed by atoms with Crippen molar-refractivity contribution in [2.45, 2.75) is 12.8 Å². The van der Waals surface area contributed by atoms with E-state index in [1.807, 2.05) is 0 Å². The number of ketones is 1. The van der Waals surface area contributed by atoms with Crippen LogP contribution in [0.5, 0.6) is 5.75 Å². The number of aromatic hydroxyl groups is 1. The molecule has 1 aromatic carbocycles. The number of phenolic OH excluding ortho intramolecular Hbond substituents is 1. The largest absolute Gasteiger partial charge is 0.505 e. The van der Waals surface area contributed by atoms with Gasteiger partial charge >= 0.3 is 0 Å². The molecule has 1 heterocycles. The summed E-state index contributed by atoms with van der Waals surface area (Å²) in [6.45, 7) is 0.951. The molecule has 1 N–H and O–H groups in total. The quantitative estimate of drug-likeness (QED) is 0.795. The Labute approximate surface area is 91.3 Å². The first-order chi connectivity index (χ1) is 7.58. The van der Waals surface area contributed by atoms with Crippen molar-refractivity contribution in [2.24, 2.45) is 0 Å². The number of carbonyl (C=O) groups is 1. The minimum atomic E-state index is -1.24. The second-order valence-corrected chi connectivity index (χ2v) is 3.79. The first-order valence-corrected chi connectivity index (χ1v) is 5.02. The number of rotatable bonds is 1. The first-order valence-electron chi connectivity index (χ1n) is 5.02. The normalized spacial score (nSPS) is 16.6. The molecule has 2 rings (SSSR count). The van der Waals surface area contributed by atoms with Gasteiger partial charge in [0.15, 0.2) is 17.4 Å². The molecule has 0 radical (unpaired) electrons. The van der Waals surface area contributed by atoms with Gasteiger partial charge in [-0.3, -0.25) is 4.79 Å².